The molecule has 1 fully saturated rings. The Morgan fingerprint density at radius 2 is 2.29 bits per heavy atom. The van der Waals surface area contributed by atoms with Crippen LogP contribution in [0.5, 0.6) is 0 Å². The molecular formula is C11H19NO5. The first-order valence-corrected chi connectivity index (χ1v) is 5.69. The van der Waals surface area contributed by atoms with Crippen molar-refractivity contribution >= 4 is 11.9 Å². The van der Waals surface area contributed by atoms with Crippen LogP contribution < -0.4 is 0 Å². The number of hydrogen-bond donors (Lipinski definition) is 1. The summed E-state index contributed by atoms with van der Waals surface area (Å²) >= 11 is 0. The second-order valence-electron chi connectivity index (χ2n) is 4.12. The van der Waals surface area contributed by atoms with Gasteiger partial charge in [-0.3, -0.25) is 4.79 Å². The van der Waals surface area contributed by atoms with Crippen LogP contribution in [0, 0.1) is 0 Å². The molecule has 17 heavy (non-hydrogen) atoms. The zero-order valence-electron chi connectivity index (χ0n) is 10.2. The maximum Gasteiger partial charge on any atom is 0.334 e. The van der Waals surface area contributed by atoms with Gasteiger partial charge in [-0.05, 0) is 13.3 Å². The van der Waals surface area contributed by atoms with Gasteiger partial charge in [-0.1, -0.05) is 0 Å². The molecule has 0 aromatic carbocycles. The van der Waals surface area contributed by atoms with Crippen molar-refractivity contribution in [2.24, 2.45) is 0 Å². The van der Waals surface area contributed by atoms with Crippen molar-refractivity contribution in [1.82, 2.24) is 4.90 Å². The zero-order chi connectivity index (χ0) is 12.8. The van der Waals surface area contributed by atoms with Crippen LogP contribution in [0.1, 0.15) is 19.8 Å². The van der Waals surface area contributed by atoms with Gasteiger partial charge >= 0.3 is 5.97 Å². The van der Waals surface area contributed by atoms with Crippen LogP contribution in [0.15, 0.2) is 0 Å². The number of hydrogen-bond acceptors (Lipinski definition) is 4. The molecule has 1 N–H and O–H groups in total. The fourth-order valence-corrected chi connectivity index (χ4v) is 1.63. The monoisotopic (exact) mass is 245 g/mol. The van der Waals surface area contributed by atoms with Crippen molar-refractivity contribution in [3.05, 3.63) is 0 Å². The van der Waals surface area contributed by atoms with Gasteiger partial charge in [0.05, 0.1) is 19.3 Å². The summed E-state index contributed by atoms with van der Waals surface area (Å²) in [6.45, 7) is 2.77. The molecule has 1 heterocycles. The highest BCUT2D eigenvalue weighted by molar-refractivity contribution is 5.78. The van der Waals surface area contributed by atoms with Crippen LogP contribution in [-0.4, -0.2) is 60.9 Å². The van der Waals surface area contributed by atoms with E-state index in [2.05, 4.69) is 0 Å². The van der Waals surface area contributed by atoms with Crippen molar-refractivity contribution in [2.75, 3.05) is 26.8 Å². The molecule has 0 radical (unpaired) electrons. The summed E-state index contributed by atoms with van der Waals surface area (Å²) in [6.07, 6.45) is 0.161. The molecule has 0 spiro atoms. The molecule has 1 aliphatic rings. The number of carboxylic acid groups (broad SMARTS) is 1. The number of carboxylic acids is 1. The summed E-state index contributed by atoms with van der Waals surface area (Å²) in [7, 11) is 1.60. The van der Waals surface area contributed by atoms with E-state index < -0.39 is 12.1 Å². The molecule has 1 saturated heterocycles. The first-order valence-electron chi connectivity index (χ1n) is 5.69. The van der Waals surface area contributed by atoms with Gasteiger partial charge in [0.1, 0.15) is 0 Å². The number of amides is 1. The lowest BCUT2D eigenvalue weighted by Crippen LogP contribution is -2.48. The fraction of sp³-hybridized carbons (Fsp3) is 0.818. The number of rotatable bonds is 5. The van der Waals surface area contributed by atoms with Crippen LogP contribution in [0.2, 0.25) is 0 Å². The highest BCUT2D eigenvalue weighted by atomic mass is 16.5. The Morgan fingerprint density at radius 1 is 1.59 bits per heavy atom. The summed E-state index contributed by atoms with van der Waals surface area (Å²) in [6, 6.07) is 0. The Balaban J connectivity index is 2.38. The first kappa shape index (κ1) is 13.9. The van der Waals surface area contributed by atoms with Crippen molar-refractivity contribution in [3.63, 3.8) is 0 Å². The molecule has 0 aromatic rings. The smallest absolute Gasteiger partial charge is 0.334 e. The Hall–Kier alpha value is -1.14. The van der Waals surface area contributed by atoms with Crippen molar-refractivity contribution < 1.29 is 24.2 Å². The molecule has 6 heteroatoms. The van der Waals surface area contributed by atoms with E-state index in [9.17, 15) is 9.59 Å². The quantitative estimate of drug-likeness (QED) is 0.744. The lowest BCUT2D eigenvalue weighted by molar-refractivity contribution is -0.159. The molecule has 2 unspecified atom stereocenters. The lowest BCUT2D eigenvalue weighted by atomic mass is 10.2. The maximum absolute atomic E-state index is 11.8. The zero-order valence-corrected chi connectivity index (χ0v) is 10.2. The Morgan fingerprint density at radius 3 is 2.88 bits per heavy atom. The van der Waals surface area contributed by atoms with Crippen molar-refractivity contribution in [3.8, 4) is 0 Å². The number of ether oxygens (including phenoxy) is 2. The summed E-state index contributed by atoms with van der Waals surface area (Å²) in [4.78, 5) is 24.1. The number of nitrogens with zero attached hydrogens (tertiary/aromatic N) is 1. The molecule has 1 rings (SSSR count). The third-order valence-electron chi connectivity index (χ3n) is 2.86. The highest BCUT2D eigenvalue weighted by Gasteiger charge is 2.28. The number of carbonyl (C=O) groups excluding carboxylic acids is 1. The van der Waals surface area contributed by atoms with Gasteiger partial charge in [0, 0.05) is 20.1 Å². The van der Waals surface area contributed by atoms with E-state index in [1.165, 1.54) is 0 Å². The first-order chi connectivity index (χ1) is 8.04. The molecule has 0 aromatic heterocycles. The lowest BCUT2D eigenvalue weighted by Gasteiger charge is -2.31. The molecule has 2 atom stereocenters. The van der Waals surface area contributed by atoms with E-state index in [-0.39, 0.29) is 25.2 Å². The second kappa shape index (κ2) is 6.56. The van der Waals surface area contributed by atoms with Gasteiger partial charge in [-0.2, -0.15) is 0 Å². The maximum atomic E-state index is 11.8. The van der Waals surface area contributed by atoms with Crippen molar-refractivity contribution in [1.29, 1.82) is 0 Å². The number of carbonyl (C=O) groups is 2. The van der Waals surface area contributed by atoms with Crippen LogP contribution in [0.25, 0.3) is 0 Å². The molecule has 6 nitrogen and oxygen atoms in total. The Kier molecular flexibility index (Phi) is 5.37. The van der Waals surface area contributed by atoms with Crippen LogP contribution >= 0.6 is 0 Å². The summed E-state index contributed by atoms with van der Waals surface area (Å²) in [5, 5.41) is 8.81. The van der Waals surface area contributed by atoms with Gasteiger partial charge < -0.3 is 19.5 Å². The van der Waals surface area contributed by atoms with E-state index >= 15 is 0 Å². The van der Waals surface area contributed by atoms with Gasteiger partial charge in [0.2, 0.25) is 5.91 Å². The second-order valence-corrected chi connectivity index (χ2v) is 4.12. The SMILES string of the molecule is COC(C)CCC(=O)N1CCOC(C(=O)O)C1. The van der Waals surface area contributed by atoms with Gasteiger partial charge in [-0.25, -0.2) is 4.79 Å². The topological polar surface area (TPSA) is 76.1 Å². The molecular weight excluding hydrogens is 226 g/mol. The molecule has 0 aliphatic carbocycles. The highest BCUT2D eigenvalue weighted by Crippen LogP contribution is 2.09. The van der Waals surface area contributed by atoms with Gasteiger partial charge in [0.25, 0.3) is 0 Å². The number of methoxy groups -OCH3 is 1. The van der Waals surface area contributed by atoms with Gasteiger partial charge in [0.15, 0.2) is 6.10 Å². The standard InChI is InChI=1S/C11H19NO5/c1-8(16-2)3-4-10(13)12-5-6-17-9(7-12)11(14)15/h8-9H,3-7H2,1-2H3,(H,14,15). The molecule has 98 valence electrons. The fourth-order valence-electron chi connectivity index (χ4n) is 1.63. The minimum Gasteiger partial charge on any atom is -0.479 e. The number of morpholine rings is 1. The van der Waals surface area contributed by atoms with Crippen LogP contribution in [0.4, 0.5) is 0 Å². The minimum absolute atomic E-state index is 0.0373. The van der Waals surface area contributed by atoms with Gasteiger partial charge in [-0.15, -0.1) is 0 Å². The summed E-state index contributed by atoms with van der Waals surface area (Å²) in [5.74, 6) is -1.06. The van der Waals surface area contributed by atoms with E-state index in [0.717, 1.165) is 0 Å². The average molecular weight is 245 g/mol. The molecule has 1 amide bonds. The normalized spacial score (nSPS) is 22.2. The average Bonchev–Trinajstić information content (AvgIpc) is 2.35. The number of aliphatic carboxylic acids is 1. The van der Waals surface area contributed by atoms with E-state index in [1.54, 1.807) is 12.0 Å². The van der Waals surface area contributed by atoms with E-state index in [0.29, 0.717) is 19.4 Å². The van der Waals surface area contributed by atoms with Crippen LogP contribution in [-0.2, 0) is 19.1 Å². The minimum atomic E-state index is -1.02. The van der Waals surface area contributed by atoms with E-state index in [1.807, 2.05) is 6.92 Å². The third-order valence-corrected chi connectivity index (χ3v) is 2.86. The third kappa shape index (κ3) is 4.32. The van der Waals surface area contributed by atoms with Crippen LogP contribution in [0.3, 0.4) is 0 Å². The largest absolute Gasteiger partial charge is 0.479 e. The summed E-state index contributed by atoms with van der Waals surface area (Å²) < 4.78 is 10.1. The predicted octanol–water partition coefficient (Wildman–Crippen LogP) is 0.114. The summed E-state index contributed by atoms with van der Waals surface area (Å²) in [5.41, 5.74) is 0. The Labute approximate surface area is 100 Å². The van der Waals surface area contributed by atoms with E-state index in [4.69, 9.17) is 14.6 Å². The predicted molar refractivity (Wildman–Crippen MR) is 59.7 cm³/mol. The molecule has 1 aliphatic heterocycles. The molecule has 0 saturated carbocycles. The van der Waals surface area contributed by atoms with Crippen molar-refractivity contribution in [2.45, 2.75) is 32.0 Å². The Bertz CT molecular complexity index is 281. The molecule has 0 bridgehead atoms.